The Kier molecular flexibility index (Phi) is 5.63. The second-order valence-electron chi connectivity index (χ2n) is 3.84. The number of ether oxygens (including phenoxy) is 1. The largest absolute Gasteiger partial charge is 0.467 e. The number of anilines is 1. The molecule has 0 N–H and O–H groups in total. The van der Waals surface area contributed by atoms with Gasteiger partial charge >= 0.3 is 11.7 Å². The SMILES string of the molecule is CC[C@H](C(=O)OC)N(CC)c1nc(Cl)ncc1[N+](=O)[O-]. The fourth-order valence-electron chi connectivity index (χ4n) is 1.85. The molecule has 0 aliphatic heterocycles. The number of carbonyl (C=O) groups excluding carboxylic acids is 1. The van der Waals surface area contributed by atoms with E-state index >= 15 is 0 Å². The zero-order valence-electron chi connectivity index (χ0n) is 11.4. The maximum atomic E-state index is 11.8. The summed E-state index contributed by atoms with van der Waals surface area (Å²) < 4.78 is 4.71. The lowest BCUT2D eigenvalue weighted by molar-refractivity contribution is -0.384. The molecule has 1 aromatic rings. The summed E-state index contributed by atoms with van der Waals surface area (Å²) in [5.74, 6) is -0.479. The highest BCUT2D eigenvalue weighted by molar-refractivity contribution is 6.28. The number of aromatic nitrogens is 2. The molecule has 0 fully saturated rings. The lowest BCUT2D eigenvalue weighted by Gasteiger charge is -2.28. The van der Waals surface area contributed by atoms with E-state index < -0.39 is 16.9 Å². The zero-order chi connectivity index (χ0) is 15.3. The quantitative estimate of drug-likeness (QED) is 0.342. The van der Waals surface area contributed by atoms with Crippen LogP contribution in [0.25, 0.3) is 0 Å². The van der Waals surface area contributed by atoms with Crippen molar-refractivity contribution in [2.45, 2.75) is 26.3 Å². The summed E-state index contributed by atoms with van der Waals surface area (Å²) in [6, 6.07) is -0.672. The van der Waals surface area contributed by atoms with Crippen LogP contribution in [0.3, 0.4) is 0 Å². The Bertz CT molecular complexity index is 511. The molecule has 110 valence electrons. The second kappa shape index (κ2) is 6.99. The van der Waals surface area contributed by atoms with Crippen LogP contribution >= 0.6 is 11.6 Å². The van der Waals surface area contributed by atoms with Crippen molar-refractivity contribution in [3.05, 3.63) is 21.6 Å². The Morgan fingerprint density at radius 1 is 1.60 bits per heavy atom. The summed E-state index contributed by atoms with van der Waals surface area (Å²) in [6.07, 6.45) is 1.44. The average molecular weight is 303 g/mol. The smallest absolute Gasteiger partial charge is 0.329 e. The number of nitrogens with zero attached hydrogens (tertiary/aromatic N) is 4. The molecular formula is C11H15ClN4O4. The van der Waals surface area contributed by atoms with Gasteiger partial charge in [-0.3, -0.25) is 10.1 Å². The van der Waals surface area contributed by atoms with Crippen LogP contribution in [-0.2, 0) is 9.53 Å². The van der Waals surface area contributed by atoms with E-state index in [0.29, 0.717) is 13.0 Å². The van der Waals surface area contributed by atoms with Gasteiger partial charge in [-0.25, -0.2) is 9.78 Å². The molecule has 0 radical (unpaired) electrons. The number of hydrogen-bond acceptors (Lipinski definition) is 7. The van der Waals surface area contributed by atoms with Crippen LogP contribution in [0, 0.1) is 10.1 Å². The number of halogens is 1. The first-order valence-corrected chi connectivity index (χ1v) is 6.35. The van der Waals surface area contributed by atoms with E-state index in [9.17, 15) is 14.9 Å². The number of carbonyl (C=O) groups is 1. The van der Waals surface area contributed by atoms with Crippen LogP contribution < -0.4 is 4.90 Å². The zero-order valence-corrected chi connectivity index (χ0v) is 12.1. The third-order valence-electron chi connectivity index (χ3n) is 2.77. The van der Waals surface area contributed by atoms with Crippen LogP contribution in [0.2, 0.25) is 5.28 Å². The van der Waals surface area contributed by atoms with Gasteiger partial charge in [0.1, 0.15) is 12.2 Å². The van der Waals surface area contributed by atoms with Crippen molar-refractivity contribution in [1.29, 1.82) is 0 Å². The molecule has 20 heavy (non-hydrogen) atoms. The number of rotatable bonds is 6. The summed E-state index contributed by atoms with van der Waals surface area (Å²) in [7, 11) is 1.26. The first-order valence-electron chi connectivity index (χ1n) is 5.97. The Labute approximate surface area is 120 Å². The van der Waals surface area contributed by atoms with Crippen LogP contribution in [-0.4, -0.2) is 40.6 Å². The Morgan fingerprint density at radius 2 is 2.25 bits per heavy atom. The number of esters is 1. The minimum Gasteiger partial charge on any atom is -0.467 e. The summed E-state index contributed by atoms with van der Waals surface area (Å²) in [5.41, 5.74) is -0.307. The van der Waals surface area contributed by atoms with Gasteiger partial charge < -0.3 is 9.64 Å². The van der Waals surface area contributed by atoms with Crippen molar-refractivity contribution in [3.8, 4) is 0 Å². The molecule has 1 heterocycles. The topological polar surface area (TPSA) is 98.5 Å². The first kappa shape index (κ1) is 16.1. The highest BCUT2D eigenvalue weighted by atomic mass is 35.5. The van der Waals surface area contributed by atoms with Crippen molar-refractivity contribution >= 4 is 29.1 Å². The van der Waals surface area contributed by atoms with E-state index in [0.717, 1.165) is 6.20 Å². The van der Waals surface area contributed by atoms with E-state index in [4.69, 9.17) is 16.3 Å². The van der Waals surface area contributed by atoms with Gasteiger partial charge in [-0.2, -0.15) is 4.98 Å². The van der Waals surface area contributed by atoms with Gasteiger partial charge in [0.2, 0.25) is 11.1 Å². The monoisotopic (exact) mass is 302 g/mol. The van der Waals surface area contributed by atoms with E-state index in [1.54, 1.807) is 13.8 Å². The lowest BCUT2D eigenvalue weighted by atomic mass is 10.2. The summed E-state index contributed by atoms with van der Waals surface area (Å²) in [4.78, 5) is 31.2. The first-order chi connectivity index (χ1) is 9.46. The maximum Gasteiger partial charge on any atom is 0.329 e. The fourth-order valence-corrected chi connectivity index (χ4v) is 1.98. The number of hydrogen-bond donors (Lipinski definition) is 0. The Balaban J connectivity index is 3.33. The molecule has 0 saturated carbocycles. The van der Waals surface area contributed by atoms with Gasteiger partial charge in [0.05, 0.1) is 12.0 Å². The maximum absolute atomic E-state index is 11.8. The summed E-state index contributed by atoms with van der Waals surface area (Å²) in [5, 5.41) is 10.9. The van der Waals surface area contributed by atoms with Crippen LogP contribution in [0.5, 0.6) is 0 Å². The third-order valence-corrected chi connectivity index (χ3v) is 2.95. The molecule has 9 heteroatoms. The van der Waals surface area contributed by atoms with Crippen molar-refractivity contribution < 1.29 is 14.5 Å². The average Bonchev–Trinajstić information content (AvgIpc) is 2.43. The normalized spacial score (nSPS) is 11.8. The van der Waals surface area contributed by atoms with Crippen molar-refractivity contribution in [2.24, 2.45) is 0 Å². The highest BCUT2D eigenvalue weighted by Gasteiger charge is 2.31. The van der Waals surface area contributed by atoms with Crippen LogP contribution in [0.1, 0.15) is 20.3 Å². The molecule has 1 atom stereocenters. The van der Waals surface area contributed by atoms with Gasteiger partial charge in [-0.1, -0.05) is 6.92 Å². The van der Waals surface area contributed by atoms with Crippen molar-refractivity contribution in [1.82, 2.24) is 9.97 Å². The minimum absolute atomic E-state index is 0.00903. The molecule has 0 aliphatic rings. The Morgan fingerprint density at radius 3 is 2.70 bits per heavy atom. The van der Waals surface area contributed by atoms with Gasteiger partial charge in [0, 0.05) is 6.54 Å². The molecule has 0 bridgehead atoms. The van der Waals surface area contributed by atoms with E-state index in [-0.39, 0.29) is 16.8 Å². The van der Waals surface area contributed by atoms with E-state index in [1.807, 2.05) is 0 Å². The van der Waals surface area contributed by atoms with Gasteiger partial charge in [0.25, 0.3) is 0 Å². The predicted octanol–water partition coefficient (Wildman–Crippen LogP) is 1.82. The summed E-state index contributed by atoms with van der Waals surface area (Å²) >= 11 is 5.70. The highest BCUT2D eigenvalue weighted by Crippen LogP contribution is 2.28. The van der Waals surface area contributed by atoms with Crippen LogP contribution in [0.4, 0.5) is 11.5 Å². The molecule has 8 nitrogen and oxygen atoms in total. The van der Waals surface area contributed by atoms with E-state index in [2.05, 4.69) is 9.97 Å². The minimum atomic E-state index is -0.672. The molecule has 1 rings (SSSR count). The number of nitro groups is 1. The number of likely N-dealkylation sites (N-methyl/N-ethyl adjacent to an activating group) is 1. The van der Waals surface area contributed by atoms with Crippen molar-refractivity contribution in [3.63, 3.8) is 0 Å². The van der Waals surface area contributed by atoms with Crippen LogP contribution in [0.15, 0.2) is 6.20 Å². The molecule has 0 unspecified atom stereocenters. The fraction of sp³-hybridized carbons (Fsp3) is 0.545. The molecule has 1 aromatic heterocycles. The van der Waals surface area contributed by atoms with Gasteiger partial charge in [-0.15, -0.1) is 0 Å². The lowest BCUT2D eigenvalue weighted by Crippen LogP contribution is -2.42. The molecule has 0 spiro atoms. The predicted molar refractivity (Wildman–Crippen MR) is 72.8 cm³/mol. The number of methoxy groups -OCH3 is 1. The van der Waals surface area contributed by atoms with Gasteiger partial charge in [0.15, 0.2) is 0 Å². The molecule has 0 saturated heterocycles. The Hall–Kier alpha value is -1.96. The summed E-state index contributed by atoms with van der Waals surface area (Å²) in [6.45, 7) is 3.87. The van der Waals surface area contributed by atoms with Gasteiger partial charge in [-0.05, 0) is 24.9 Å². The standard InChI is InChI=1S/C11H15ClN4O4/c1-4-7(10(17)20-3)15(5-2)9-8(16(18)19)6-13-11(12)14-9/h6-7H,4-5H2,1-3H3/t7-/m1/s1. The third kappa shape index (κ3) is 3.32. The van der Waals surface area contributed by atoms with E-state index in [1.165, 1.54) is 12.0 Å². The van der Waals surface area contributed by atoms with Crippen molar-refractivity contribution in [2.75, 3.05) is 18.6 Å². The molecular weight excluding hydrogens is 288 g/mol. The molecule has 0 amide bonds. The molecule has 0 aromatic carbocycles. The second-order valence-corrected chi connectivity index (χ2v) is 4.18. The molecule has 0 aliphatic carbocycles.